The van der Waals surface area contributed by atoms with Crippen molar-refractivity contribution >= 4 is 5.96 Å². The standard InChI is InChI=1S/C10H12F3N3O/c11-10(12,13)17-8-3-1-7(2-4-8)5-6-16-9(14)15/h1-4H,5-6H2,(H4,14,15,16). The first-order valence-corrected chi connectivity index (χ1v) is 4.77. The summed E-state index contributed by atoms with van der Waals surface area (Å²) in [4.78, 5) is 3.76. The second-order valence-corrected chi connectivity index (χ2v) is 3.25. The molecule has 0 heterocycles. The molecule has 0 atom stereocenters. The third-order valence-electron chi connectivity index (χ3n) is 1.85. The second kappa shape index (κ2) is 5.42. The number of nitrogens with zero attached hydrogens (tertiary/aromatic N) is 1. The molecule has 4 N–H and O–H groups in total. The van der Waals surface area contributed by atoms with Crippen molar-refractivity contribution in [2.24, 2.45) is 16.5 Å². The van der Waals surface area contributed by atoms with E-state index in [4.69, 9.17) is 11.5 Å². The van der Waals surface area contributed by atoms with Crippen LogP contribution in [0.25, 0.3) is 0 Å². The SMILES string of the molecule is NC(N)=NCCc1ccc(OC(F)(F)F)cc1. The maximum Gasteiger partial charge on any atom is 0.573 e. The van der Waals surface area contributed by atoms with Gasteiger partial charge in [0, 0.05) is 6.54 Å². The van der Waals surface area contributed by atoms with E-state index in [9.17, 15) is 13.2 Å². The van der Waals surface area contributed by atoms with Gasteiger partial charge in [-0.05, 0) is 24.1 Å². The largest absolute Gasteiger partial charge is 0.573 e. The lowest BCUT2D eigenvalue weighted by Crippen LogP contribution is -2.23. The van der Waals surface area contributed by atoms with Crippen LogP contribution < -0.4 is 16.2 Å². The van der Waals surface area contributed by atoms with E-state index in [1.807, 2.05) is 0 Å². The molecule has 4 nitrogen and oxygen atoms in total. The number of hydrogen-bond donors (Lipinski definition) is 2. The summed E-state index contributed by atoms with van der Waals surface area (Å²) >= 11 is 0. The predicted molar refractivity (Wildman–Crippen MR) is 57.5 cm³/mol. The van der Waals surface area contributed by atoms with Crippen molar-refractivity contribution in [3.63, 3.8) is 0 Å². The summed E-state index contributed by atoms with van der Waals surface area (Å²) in [6.45, 7) is 0.391. The molecule has 0 aromatic heterocycles. The molecule has 0 bridgehead atoms. The quantitative estimate of drug-likeness (QED) is 0.624. The van der Waals surface area contributed by atoms with Gasteiger partial charge < -0.3 is 16.2 Å². The number of guanidine groups is 1. The number of hydrogen-bond acceptors (Lipinski definition) is 2. The Balaban J connectivity index is 2.53. The molecule has 0 saturated carbocycles. The Morgan fingerprint density at radius 2 is 1.76 bits per heavy atom. The zero-order valence-electron chi connectivity index (χ0n) is 8.87. The highest BCUT2D eigenvalue weighted by atomic mass is 19.4. The van der Waals surface area contributed by atoms with Gasteiger partial charge in [-0.15, -0.1) is 13.2 Å². The van der Waals surface area contributed by atoms with E-state index in [-0.39, 0.29) is 11.7 Å². The van der Waals surface area contributed by atoms with Crippen LogP contribution in [0.15, 0.2) is 29.3 Å². The number of alkyl halides is 3. The Labute approximate surface area is 96.1 Å². The summed E-state index contributed by atoms with van der Waals surface area (Å²) < 4.78 is 39.3. The van der Waals surface area contributed by atoms with Gasteiger partial charge in [0.2, 0.25) is 0 Å². The van der Waals surface area contributed by atoms with Gasteiger partial charge in [-0.1, -0.05) is 12.1 Å². The average Bonchev–Trinajstić information content (AvgIpc) is 2.18. The van der Waals surface area contributed by atoms with Crippen LogP contribution >= 0.6 is 0 Å². The smallest absolute Gasteiger partial charge is 0.406 e. The second-order valence-electron chi connectivity index (χ2n) is 3.25. The number of aliphatic imine (C=N–C) groups is 1. The molecular weight excluding hydrogens is 235 g/mol. The molecule has 0 amide bonds. The van der Waals surface area contributed by atoms with Crippen molar-refractivity contribution in [1.82, 2.24) is 0 Å². The van der Waals surface area contributed by atoms with Crippen LogP contribution in [-0.4, -0.2) is 18.9 Å². The van der Waals surface area contributed by atoms with E-state index < -0.39 is 6.36 Å². The minimum Gasteiger partial charge on any atom is -0.406 e. The van der Waals surface area contributed by atoms with E-state index in [0.717, 1.165) is 5.56 Å². The van der Waals surface area contributed by atoms with Crippen molar-refractivity contribution in [2.45, 2.75) is 12.8 Å². The van der Waals surface area contributed by atoms with Gasteiger partial charge >= 0.3 is 6.36 Å². The molecule has 0 aliphatic carbocycles. The third-order valence-corrected chi connectivity index (χ3v) is 1.85. The number of benzene rings is 1. The first-order valence-electron chi connectivity index (χ1n) is 4.77. The van der Waals surface area contributed by atoms with Crippen molar-refractivity contribution in [1.29, 1.82) is 0 Å². The van der Waals surface area contributed by atoms with Crippen LogP contribution in [0.5, 0.6) is 5.75 Å². The Morgan fingerprint density at radius 3 is 2.24 bits per heavy atom. The molecule has 7 heteroatoms. The van der Waals surface area contributed by atoms with Gasteiger partial charge in [0.05, 0.1) is 0 Å². The third kappa shape index (κ3) is 5.64. The summed E-state index contributed by atoms with van der Waals surface area (Å²) in [5.41, 5.74) is 11.1. The van der Waals surface area contributed by atoms with E-state index in [1.54, 1.807) is 0 Å². The molecule has 0 spiro atoms. The molecule has 0 fully saturated rings. The molecule has 0 radical (unpaired) electrons. The van der Waals surface area contributed by atoms with E-state index >= 15 is 0 Å². The molecule has 1 rings (SSSR count). The monoisotopic (exact) mass is 247 g/mol. The van der Waals surface area contributed by atoms with Gasteiger partial charge in [-0.25, -0.2) is 0 Å². The molecular formula is C10H12F3N3O. The van der Waals surface area contributed by atoms with Gasteiger partial charge in [-0.2, -0.15) is 0 Å². The van der Waals surface area contributed by atoms with Crippen LogP contribution in [0.4, 0.5) is 13.2 Å². The Kier molecular flexibility index (Phi) is 4.19. The summed E-state index contributed by atoms with van der Waals surface area (Å²) in [7, 11) is 0. The fourth-order valence-electron chi connectivity index (χ4n) is 1.17. The summed E-state index contributed by atoms with van der Waals surface area (Å²) in [5, 5.41) is 0. The molecule has 0 unspecified atom stereocenters. The number of halogens is 3. The zero-order chi connectivity index (χ0) is 12.9. The molecule has 94 valence electrons. The van der Waals surface area contributed by atoms with Crippen LogP contribution in [0.3, 0.4) is 0 Å². The van der Waals surface area contributed by atoms with Crippen LogP contribution in [0.1, 0.15) is 5.56 Å². The maximum atomic E-state index is 11.9. The van der Waals surface area contributed by atoms with Crippen molar-refractivity contribution in [3.8, 4) is 5.75 Å². The molecule has 1 aromatic carbocycles. The van der Waals surface area contributed by atoms with Crippen molar-refractivity contribution in [3.05, 3.63) is 29.8 Å². The lowest BCUT2D eigenvalue weighted by Gasteiger charge is -2.08. The first kappa shape index (κ1) is 13.1. The molecule has 0 aliphatic heterocycles. The molecule has 1 aromatic rings. The number of nitrogens with two attached hydrogens (primary N) is 2. The normalized spacial score (nSPS) is 11.0. The average molecular weight is 247 g/mol. The fraction of sp³-hybridized carbons (Fsp3) is 0.300. The highest BCUT2D eigenvalue weighted by molar-refractivity contribution is 5.75. The van der Waals surface area contributed by atoms with Crippen LogP contribution in [0, 0.1) is 0 Å². The summed E-state index contributed by atoms with van der Waals surface area (Å²) in [5.74, 6) is -0.259. The Morgan fingerprint density at radius 1 is 1.18 bits per heavy atom. The van der Waals surface area contributed by atoms with Crippen LogP contribution in [0.2, 0.25) is 0 Å². The zero-order valence-corrected chi connectivity index (χ0v) is 8.87. The minimum absolute atomic E-state index is 0.0120. The van der Waals surface area contributed by atoms with Gasteiger partial charge in [0.1, 0.15) is 5.75 Å². The number of rotatable bonds is 4. The molecule has 0 aliphatic rings. The lowest BCUT2D eigenvalue weighted by molar-refractivity contribution is -0.274. The number of ether oxygens (including phenoxy) is 1. The first-order chi connectivity index (χ1) is 7.87. The van der Waals surface area contributed by atoms with E-state index in [2.05, 4.69) is 9.73 Å². The van der Waals surface area contributed by atoms with E-state index in [1.165, 1.54) is 24.3 Å². The highest BCUT2D eigenvalue weighted by Crippen LogP contribution is 2.22. The van der Waals surface area contributed by atoms with Crippen molar-refractivity contribution < 1.29 is 17.9 Å². The molecule has 0 saturated heterocycles. The minimum atomic E-state index is -4.67. The van der Waals surface area contributed by atoms with Crippen molar-refractivity contribution in [2.75, 3.05) is 6.54 Å². The Hall–Kier alpha value is -1.92. The lowest BCUT2D eigenvalue weighted by atomic mass is 10.1. The van der Waals surface area contributed by atoms with E-state index in [0.29, 0.717) is 13.0 Å². The topological polar surface area (TPSA) is 73.6 Å². The van der Waals surface area contributed by atoms with Gasteiger partial charge in [0.15, 0.2) is 5.96 Å². The molecule has 17 heavy (non-hydrogen) atoms. The van der Waals surface area contributed by atoms with Gasteiger partial charge in [-0.3, -0.25) is 4.99 Å². The Bertz CT molecular complexity index is 383. The van der Waals surface area contributed by atoms with Crippen LogP contribution in [-0.2, 0) is 6.42 Å². The van der Waals surface area contributed by atoms with Gasteiger partial charge in [0.25, 0.3) is 0 Å². The summed E-state index contributed by atoms with van der Waals surface area (Å²) in [6, 6.07) is 5.56. The predicted octanol–water partition coefficient (Wildman–Crippen LogP) is 1.40. The fourth-order valence-corrected chi connectivity index (χ4v) is 1.17. The maximum absolute atomic E-state index is 11.9. The summed E-state index contributed by atoms with van der Waals surface area (Å²) in [6.07, 6.45) is -4.12. The highest BCUT2D eigenvalue weighted by Gasteiger charge is 2.30.